The Morgan fingerprint density at radius 1 is 1.26 bits per heavy atom. The number of halogens is 2. The lowest BCUT2D eigenvalue weighted by molar-refractivity contribution is 0.0636. The number of aromatic nitrogens is 2. The molecule has 0 aliphatic rings. The highest BCUT2D eigenvalue weighted by atomic mass is 79.9. The number of nitrogens with one attached hydrogen (secondary N) is 1. The number of rotatable bonds is 3. The summed E-state index contributed by atoms with van der Waals surface area (Å²) in [6, 6.07) is 4.98. The molecule has 2 aromatic rings. The van der Waals surface area contributed by atoms with Crippen LogP contribution in [-0.4, -0.2) is 21.7 Å². The molecule has 122 valence electrons. The lowest BCUT2D eigenvalue weighted by Crippen LogP contribution is -2.27. The summed E-state index contributed by atoms with van der Waals surface area (Å²) >= 11 is 9.38. The first-order valence-corrected chi connectivity index (χ1v) is 7.85. The second kappa shape index (κ2) is 7.14. The van der Waals surface area contributed by atoms with Gasteiger partial charge in [0.1, 0.15) is 11.4 Å². The fourth-order valence-electron chi connectivity index (χ4n) is 1.53. The molecule has 6 nitrogen and oxygen atoms in total. The van der Waals surface area contributed by atoms with Gasteiger partial charge in [0.2, 0.25) is 0 Å². The number of hydrogen-bond donors (Lipinski definition) is 1. The molecule has 1 heterocycles. The standard InChI is InChI=1S/C15H15BrClN3O3/c1-15(2,3)23-14(21)20-10-4-5-12(11(17)6-10)22-13-18-7-9(16)8-19-13/h4-8H,1-3H3,(H,20,21). The Hall–Kier alpha value is -1.86. The molecule has 8 heteroatoms. The minimum absolute atomic E-state index is 0.169. The Balaban J connectivity index is 2.05. The molecule has 0 spiro atoms. The molecule has 0 fully saturated rings. The van der Waals surface area contributed by atoms with Crippen LogP contribution < -0.4 is 10.1 Å². The Bertz CT molecular complexity index is 702. The molecule has 0 unspecified atom stereocenters. The van der Waals surface area contributed by atoms with Gasteiger partial charge in [0.05, 0.1) is 9.50 Å². The number of hydrogen-bond acceptors (Lipinski definition) is 5. The minimum atomic E-state index is -0.574. The predicted molar refractivity (Wildman–Crippen MR) is 91.1 cm³/mol. The van der Waals surface area contributed by atoms with Gasteiger partial charge in [-0.05, 0) is 54.9 Å². The average Bonchev–Trinajstić information content (AvgIpc) is 2.42. The SMILES string of the molecule is CC(C)(C)OC(=O)Nc1ccc(Oc2ncc(Br)cn2)c(Cl)c1. The predicted octanol–water partition coefficient (Wildman–Crippen LogP) is 5.03. The van der Waals surface area contributed by atoms with Crippen molar-refractivity contribution >= 4 is 39.3 Å². The van der Waals surface area contributed by atoms with Gasteiger partial charge < -0.3 is 9.47 Å². The number of benzene rings is 1. The molecule has 0 saturated carbocycles. The summed E-state index contributed by atoms with van der Waals surface area (Å²) in [4.78, 5) is 19.7. The lowest BCUT2D eigenvalue weighted by Gasteiger charge is -2.19. The van der Waals surface area contributed by atoms with Gasteiger partial charge in [0, 0.05) is 18.1 Å². The molecule has 1 amide bonds. The van der Waals surface area contributed by atoms with Gasteiger partial charge in [-0.1, -0.05) is 11.6 Å². The third kappa shape index (κ3) is 5.69. The number of ether oxygens (including phenoxy) is 2. The van der Waals surface area contributed by atoms with Crippen molar-refractivity contribution < 1.29 is 14.3 Å². The van der Waals surface area contributed by atoms with E-state index < -0.39 is 11.7 Å². The molecule has 0 radical (unpaired) electrons. The van der Waals surface area contributed by atoms with Gasteiger partial charge in [-0.15, -0.1) is 0 Å². The summed E-state index contributed by atoms with van der Waals surface area (Å²) in [6.45, 7) is 5.36. The van der Waals surface area contributed by atoms with Crippen LogP contribution in [0.1, 0.15) is 20.8 Å². The molecule has 1 aromatic carbocycles. The van der Waals surface area contributed by atoms with E-state index in [1.54, 1.807) is 51.4 Å². The highest BCUT2D eigenvalue weighted by Gasteiger charge is 2.16. The van der Waals surface area contributed by atoms with Gasteiger partial charge in [-0.25, -0.2) is 14.8 Å². The van der Waals surface area contributed by atoms with E-state index in [-0.39, 0.29) is 6.01 Å². The first-order valence-electron chi connectivity index (χ1n) is 6.68. The molecule has 2 rings (SSSR count). The van der Waals surface area contributed by atoms with Crippen molar-refractivity contribution in [2.75, 3.05) is 5.32 Å². The summed E-state index contributed by atoms with van der Waals surface area (Å²) in [5.41, 5.74) is -0.0797. The molecule has 1 aromatic heterocycles. The van der Waals surface area contributed by atoms with Gasteiger partial charge >= 0.3 is 12.1 Å². The molecule has 0 aliphatic carbocycles. The van der Waals surface area contributed by atoms with Crippen LogP contribution in [0.15, 0.2) is 35.1 Å². The highest BCUT2D eigenvalue weighted by Crippen LogP contribution is 2.30. The Kier molecular flexibility index (Phi) is 5.43. The fourth-order valence-corrected chi connectivity index (χ4v) is 1.96. The van der Waals surface area contributed by atoms with Crippen LogP contribution in [0, 0.1) is 0 Å². The Morgan fingerprint density at radius 3 is 2.48 bits per heavy atom. The fraction of sp³-hybridized carbons (Fsp3) is 0.267. The summed E-state index contributed by atoms with van der Waals surface area (Å²) in [7, 11) is 0. The van der Waals surface area contributed by atoms with E-state index in [0.29, 0.717) is 16.5 Å². The minimum Gasteiger partial charge on any atom is -0.444 e. The zero-order chi connectivity index (χ0) is 17.0. The molecular formula is C15H15BrClN3O3. The van der Waals surface area contributed by atoms with Gasteiger partial charge in [-0.3, -0.25) is 5.32 Å². The third-order valence-corrected chi connectivity index (χ3v) is 3.08. The maximum atomic E-state index is 11.7. The average molecular weight is 401 g/mol. The van der Waals surface area contributed by atoms with Crippen LogP contribution in [-0.2, 0) is 4.74 Å². The van der Waals surface area contributed by atoms with Crippen LogP contribution >= 0.6 is 27.5 Å². The van der Waals surface area contributed by atoms with Crippen molar-refractivity contribution in [2.24, 2.45) is 0 Å². The normalized spacial score (nSPS) is 11.0. The topological polar surface area (TPSA) is 73.3 Å². The molecular weight excluding hydrogens is 386 g/mol. The second-order valence-corrected chi connectivity index (χ2v) is 6.88. The number of nitrogens with zero attached hydrogens (tertiary/aromatic N) is 2. The van der Waals surface area contributed by atoms with Crippen LogP contribution in [0.3, 0.4) is 0 Å². The number of anilines is 1. The Labute approximate surface area is 147 Å². The van der Waals surface area contributed by atoms with Crippen LogP contribution in [0.2, 0.25) is 5.02 Å². The largest absolute Gasteiger partial charge is 0.444 e. The molecule has 23 heavy (non-hydrogen) atoms. The monoisotopic (exact) mass is 399 g/mol. The van der Waals surface area contributed by atoms with Crippen molar-refractivity contribution in [3.8, 4) is 11.8 Å². The van der Waals surface area contributed by atoms with E-state index in [4.69, 9.17) is 21.1 Å². The quantitative estimate of drug-likeness (QED) is 0.782. The molecule has 0 bridgehead atoms. The van der Waals surface area contributed by atoms with Crippen LogP contribution in [0.4, 0.5) is 10.5 Å². The summed E-state index contributed by atoms with van der Waals surface area (Å²) < 4.78 is 11.4. The van der Waals surface area contributed by atoms with Crippen LogP contribution in [0.5, 0.6) is 11.8 Å². The molecule has 0 atom stereocenters. The summed E-state index contributed by atoms with van der Waals surface area (Å²) in [6.07, 6.45) is 2.57. The smallest absolute Gasteiger partial charge is 0.412 e. The van der Waals surface area contributed by atoms with E-state index in [1.807, 2.05) is 0 Å². The third-order valence-electron chi connectivity index (χ3n) is 2.38. The second-order valence-electron chi connectivity index (χ2n) is 5.56. The van der Waals surface area contributed by atoms with Crippen molar-refractivity contribution in [2.45, 2.75) is 26.4 Å². The van der Waals surface area contributed by atoms with E-state index in [1.165, 1.54) is 0 Å². The van der Waals surface area contributed by atoms with Crippen molar-refractivity contribution in [3.05, 3.63) is 40.1 Å². The number of amides is 1. The molecule has 0 saturated heterocycles. The first kappa shape index (κ1) is 17.5. The first-order chi connectivity index (χ1) is 10.7. The highest BCUT2D eigenvalue weighted by molar-refractivity contribution is 9.10. The maximum Gasteiger partial charge on any atom is 0.412 e. The van der Waals surface area contributed by atoms with Gasteiger partial charge in [0.25, 0.3) is 0 Å². The zero-order valence-corrected chi connectivity index (χ0v) is 15.1. The van der Waals surface area contributed by atoms with Crippen LogP contribution in [0.25, 0.3) is 0 Å². The van der Waals surface area contributed by atoms with E-state index in [9.17, 15) is 4.79 Å². The number of carbonyl (C=O) groups is 1. The van der Waals surface area contributed by atoms with Gasteiger partial charge in [-0.2, -0.15) is 0 Å². The molecule has 0 aliphatic heterocycles. The number of carbonyl (C=O) groups excluding carboxylic acids is 1. The molecule has 1 N–H and O–H groups in total. The van der Waals surface area contributed by atoms with Crippen molar-refractivity contribution in [3.63, 3.8) is 0 Å². The van der Waals surface area contributed by atoms with E-state index in [0.717, 1.165) is 4.47 Å². The Morgan fingerprint density at radius 2 is 1.91 bits per heavy atom. The van der Waals surface area contributed by atoms with E-state index in [2.05, 4.69) is 31.2 Å². The maximum absolute atomic E-state index is 11.7. The zero-order valence-electron chi connectivity index (χ0n) is 12.8. The summed E-state index contributed by atoms with van der Waals surface area (Å²) in [5.74, 6) is 0.378. The summed E-state index contributed by atoms with van der Waals surface area (Å²) in [5, 5.41) is 2.91. The van der Waals surface area contributed by atoms with Crippen molar-refractivity contribution in [1.29, 1.82) is 0 Å². The van der Waals surface area contributed by atoms with Crippen molar-refractivity contribution in [1.82, 2.24) is 9.97 Å². The van der Waals surface area contributed by atoms with E-state index >= 15 is 0 Å². The van der Waals surface area contributed by atoms with Gasteiger partial charge in [0.15, 0.2) is 0 Å². The lowest BCUT2D eigenvalue weighted by atomic mass is 10.2.